The molecule has 4 rings (SSSR count). The number of hydrogen-bond donors (Lipinski definition) is 0. The van der Waals surface area contributed by atoms with Gasteiger partial charge in [-0.3, -0.25) is 4.98 Å². The molecular formula is C17H12ClFN4. The molecule has 0 bridgehead atoms. The molecule has 0 radical (unpaired) electrons. The molecule has 1 aromatic carbocycles. The van der Waals surface area contributed by atoms with Gasteiger partial charge in [0.25, 0.3) is 0 Å². The summed E-state index contributed by atoms with van der Waals surface area (Å²) in [6.07, 6.45) is 3.36. The van der Waals surface area contributed by atoms with E-state index < -0.39 is 0 Å². The van der Waals surface area contributed by atoms with E-state index in [1.807, 2.05) is 13.0 Å². The number of rotatable bonds is 2. The maximum absolute atomic E-state index is 14.9. The first kappa shape index (κ1) is 14.1. The molecule has 0 aliphatic heterocycles. The SMILES string of the molecule is CC(c1ccc2ncccc2c1F)c1cnc2ccc(Cl)nn12. The molecule has 0 saturated carbocycles. The van der Waals surface area contributed by atoms with Gasteiger partial charge in [0.15, 0.2) is 5.65 Å². The van der Waals surface area contributed by atoms with Crippen molar-refractivity contribution in [2.75, 3.05) is 0 Å². The summed E-state index contributed by atoms with van der Waals surface area (Å²) in [6.45, 7) is 1.92. The molecule has 0 aliphatic rings. The van der Waals surface area contributed by atoms with E-state index in [2.05, 4.69) is 15.1 Å². The fourth-order valence-electron chi connectivity index (χ4n) is 2.79. The Hall–Kier alpha value is -2.53. The zero-order chi connectivity index (χ0) is 16.0. The highest BCUT2D eigenvalue weighted by molar-refractivity contribution is 6.29. The highest BCUT2D eigenvalue weighted by Gasteiger charge is 2.19. The van der Waals surface area contributed by atoms with Crippen molar-refractivity contribution in [3.8, 4) is 0 Å². The number of pyridine rings is 1. The number of benzene rings is 1. The molecule has 1 unspecified atom stereocenters. The van der Waals surface area contributed by atoms with E-state index in [-0.39, 0.29) is 11.7 Å². The summed E-state index contributed by atoms with van der Waals surface area (Å²) in [6, 6.07) is 10.5. The predicted octanol–water partition coefficient (Wildman–Crippen LogP) is 4.22. The fraction of sp³-hybridized carbons (Fsp3) is 0.118. The lowest BCUT2D eigenvalue weighted by Crippen LogP contribution is -2.05. The number of aromatic nitrogens is 4. The van der Waals surface area contributed by atoms with Gasteiger partial charge in [0.2, 0.25) is 0 Å². The summed E-state index contributed by atoms with van der Waals surface area (Å²) in [4.78, 5) is 8.48. The Balaban J connectivity index is 1.89. The monoisotopic (exact) mass is 326 g/mol. The van der Waals surface area contributed by atoms with Gasteiger partial charge in [0.1, 0.15) is 11.0 Å². The zero-order valence-corrected chi connectivity index (χ0v) is 13.0. The van der Waals surface area contributed by atoms with Crippen LogP contribution in [0.1, 0.15) is 24.1 Å². The second-order valence-electron chi connectivity index (χ2n) is 5.37. The molecule has 0 saturated heterocycles. The summed E-state index contributed by atoms with van der Waals surface area (Å²) < 4.78 is 16.5. The van der Waals surface area contributed by atoms with Crippen molar-refractivity contribution in [2.45, 2.75) is 12.8 Å². The lowest BCUT2D eigenvalue weighted by molar-refractivity contribution is 0.610. The normalized spacial score (nSPS) is 12.8. The van der Waals surface area contributed by atoms with Gasteiger partial charge in [-0.1, -0.05) is 24.6 Å². The third-order valence-electron chi connectivity index (χ3n) is 4.02. The Bertz CT molecular complexity index is 1030. The Kier molecular flexibility index (Phi) is 3.23. The van der Waals surface area contributed by atoms with Gasteiger partial charge >= 0.3 is 0 Å². The van der Waals surface area contributed by atoms with Crippen molar-refractivity contribution in [1.29, 1.82) is 0 Å². The summed E-state index contributed by atoms with van der Waals surface area (Å²) in [7, 11) is 0. The molecule has 0 spiro atoms. The zero-order valence-electron chi connectivity index (χ0n) is 12.2. The minimum absolute atomic E-state index is 0.222. The van der Waals surface area contributed by atoms with Gasteiger partial charge < -0.3 is 0 Å². The molecule has 3 heterocycles. The standard InChI is InChI=1S/C17H12ClFN4/c1-10(14-9-21-16-7-6-15(18)22-23(14)16)11-4-5-13-12(17(11)19)3-2-8-20-13/h2-10H,1H3. The van der Waals surface area contributed by atoms with E-state index >= 15 is 0 Å². The van der Waals surface area contributed by atoms with Gasteiger partial charge in [0.05, 0.1) is 17.4 Å². The first-order chi connectivity index (χ1) is 11.1. The average molecular weight is 327 g/mol. The van der Waals surface area contributed by atoms with E-state index in [1.165, 1.54) is 0 Å². The number of nitrogens with zero attached hydrogens (tertiary/aromatic N) is 4. The minimum atomic E-state index is -0.264. The Morgan fingerprint density at radius 3 is 2.87 bits per heavy atom. The molecule has 1 atom stereocenters. The number of fused-ring (bicyclic) bond motifs is 2. The molecule has 4 nitrogen and oxygen atoms in total. The Labute approximate surface area is 136 Å². The molecule has 0 fully saturated rings. The third kappa shape index (κ3) is 2.24. The number of imidazole rings is 1. The minimum Gasteiger partial charge on any atom is -0.256 e. The largest absolute Gasteiger partial charge is 0.256 e. The third-order valence-corrected chi connectivity index (χ3v) is 4.22. The Morgan fingerprint density at radius 2 is 2.00 bits per heavy atom. The van der Waals surface area contributed by atoms with Crippen molar-refractivity contribution in [3.05, 3.63) is 71.0 Å². The van der Waals surface area contributed by atoms with Crippen molar-refractivity contribution in [1.82, 2.24) is 19.6 Å². The van der Waals surface area contributed by atoms with Gasteiger partial charge in [-0.15, -0.1) is 0 Å². The van der Waals surface area contributed by atoms with Gasteiger partial charge in [-0.05, 0) is 35.9 Å². The van der Waals surface area contributed by atoms with Gasteiger partial charge in [-0.25, -0.2) is 13.9 Å². The van der Waals surface area contributed by atoms with E-state index in [4.69, 9.17) is 11.6 Å². The summed E-state index contributed by atoms with van der Waals surface area (Å²) >= 11 is 5.97. The fourth-order valence-corrected chi connectivity index (χ4v) is 2.93. The van der Waals surface area contributed by atoms with E-state index in [0.29, 0.717) is 27.3 Å². The average Bonchev–Trinajstić information content (AvgIpc) is 2.98. The molecule has 114 valence electrons. The molecule has 6 heteroatoms. The van der Waals surface area contributed by atoms with E-state index in [9.17, 15) is 4.39 Å². The van der Waals surface area contributed by atoms with Crippen molar-refractivity contribution >= 4 is 28.2 Å². The van der Waals surface area contributed by atoms with Crippen LogP contribution in [0.15, 0.2) is 48.8 Å². The topological polar surface area (TPSA) is 43.1 Å². The van der Waals surface area contributed by atoms with Crippen LogP contribution in [0.4, 0.5) is 4.39 Å². The summed E-state index contributed by atoms with van der Waals surface area (Å²) in [5, 5.41) is 5.14. The van der Waals surface area contributed by atoms with Crippen LogP contribution < -0.4 is 0 Å². The maximum atomic E-state index is 14.9. The molecule has 23 heavy (non-hydrogen) atoms. The van der Waals surface area contributed by atoms with Crippen LogP contribution in [-0.2, 0) is 0 Å². The maximum Gasteiger partial charge on any atom is 0.153 e. The first-order valence-electron chi connectivity index (χ1n) is 7.18. The first-order valence-corrected chi connectivity index (χ1v) is 7.56. The van der Waals surface area contributed by atoms with Crippen LogP contribution in [0.25, 0.3) is 16.6 Å². The molecule has 0 N–H and O–H groups in total. The lowest BCUT2D eigenvalue weighted by atomic mass is 9.96. The van der Waals surface area contributed by atoms with Crippen molar-refractivity contribution < 1.29 is 4.39 Å². The lowest BCUT2D eigenvalue weighted by Gasteiger charge is -2.13. The predicted molar refractivity (Wildman–Crippen MR) is 87.2 cm³/mol. The summed E-state index contributed by atoms with van der Waals surface area (Å²) in [5.74, 6) is -0.486. The van der Waals surface area contributed by atoms with Crippen LogP contribution in [0.3, 0.4) is 0 Å². The molecule has 3 aromatic heterocycles. The van der Waals surface area contributed by atoms with E-state index in [0.717, 1.165) is 5.69 Å². The molecule has 4 aromatic rings. The van der Waals surface area contributed by atoms with Crippen molar-refractivity contribution in [3.63, 3.8) is 0 Å². The van der Waals surface area contributed by atoms with Crippen LogP contribution >= 0.6 is 11.6 Å². The van der Waals surface area contributed by atoms with Crippen LogP contribution in [0.2, 0.25) is 5.15 Å². The second-order valence-corrected chi connectivity index (χ2v) is 5.76. The van der Waals surface area contributed by atoms with Crippen molar-refractivity contribution in [2.24, 2.45) is 0 Å². The highest BCUT2D eigenvalue weighted by Crippen LogP contribution is 2.30. The summed E-state index contributed by atoms with van der Waals surface area (Å²) in [5.41, 5.74) is 2.68. The Morgan fingerprint density at radius 1 is 1.13 bits per heavy atom. The van der Waals surface area contributed by atoms with Gasteiger partial charge in [-0.2, -0.15) is 5.10 Å². The molecular weight excluding hydrogens is 315 g/mol. The highest BCUT2D eigenvalue weighted by atomic mass is 35.5. The second kappa shape index (κ2) is 5.28. The van der Waals surface area contributed by atoms with Crippen LogP contribution in [0.5, 0.6) is 0 Å². The quantitative estimate of drug-likeness (QED) is 0.554. The van der Waals surface area contributed by atoms with Gasteiger partial charge in [0, 0.05) is 17.5 Å². The van der Waals surface area contributed by atoms with E-state index in [1.54, 1.807) is 47.2 Å². The van der Waals surface area contributed by atoms with Crippen LogP contribution in [-0.4, -0.2) is 19.6 Å². The van der Waals surface area contributed by atoms with Crippen LogP contribution in [0, 0.1) is 5.82 Å². The smallest absolute Gasteiger partial charge is 0.153 e. The number of halogens is 2. The molecule has 0 amide bonds. The molecule has 0 aliphatic carbocycles. The number of hydrogen-bond acceptors (Lipinski definition) is 3.